The van der Waals surface area contributed by atoms with Gasteiger partial charge < -0.3 is 5.73 Å². The molecule has 0 heterocycles. The summed E-state index contributed by atoms with van der Waals surface area (Å²) >= 11 is 0. The number of alkyl halides is 6. The third-order valence-electron chi connectivity index (χ3n) is 2.77. The Morgan fingerprint density at radius 2 is 1.70 bits per heavy atom. The van der Waals surface area contributed by atoms with E-state index in [0.29, 0.717) is 24.6 Å². The summed E-state index contributed by atoms with van der Waals surface area (Å²) in [5.74, 6) is 0. The quantitative estimate of drug-likeness (QED) is 0.633. The van der Waals surface area contributed by atoms with E-state index in [9.17, 15) is 26.3 Å². The molecule has 1 aromatic carbocycles. The first kappa shape index (κ1) is 16.6. The summed E-state index contributed by atoms with van der Waals surface area (Å²) in [5.41, 5.74) is 2.75. The smallest absolute Gasteiger partial charge is 0.324 e. The molecule has 112 valence electrons. The van der Waals surface area contributed by atoms with Crippen molar-refractivity contribution < 1.29 is 26.3 Å². The van der Waals surface area contributed by atoms with Crippen LogP contribution in [0, 0.1) is 0 Å². The fraction of sp³-hybridized carbons (Fsp3) is 0.385. The van der Waals surface area contributed by atoms with Crippen LogP contribution >= 0.6 is 0 Å². The Kier molecular flexibility index (Phi) is 4.86. The van der Waals surface area contributed by atoms with Crippen molar-refractivity contribution in [3.8, 4) is 0 Å². The molecule has 0 radical (unpaired) electrons. The molecule has 0 unspecified atom stereocenters. The Hall–Kier alpha value is -1.50. The third-order valence-corrected chi connectivity index (χ3v) is 2.77. The minimum absolute atomic E-state index is 0.0912. The third kappa shape index (κ3) is 4.00. The molecule has 0 fully saturated rings. The second-order valence-corrected chi connectivity index (χ2v) is 4.27. The molecule has 0 aliphatic heterocycles. The number of allylic oxidation sites excluding steroid dienone is 1. The summed E-state index contributed by atoms with van der Waals surface area (Å²) in [6.07, 6.45) is -7.61. The van der Waals surface area contributed by atoms with Gasteiger partial charge >= 0.3 is 12.4 Å². The molecule has 1 aromatic rings. The van der Waals surface area contributed by atoms with Crippen molar-refractivity contribution in [2.24, 2.45) is 5.73 Å². The number of hydrogen-bond donors (Lipinski definition) is 1. The highest BCUT2D eigenvalue weighted by Gasteiger charge is 2.37. The van der Waals surface area contributed by atoms with E-state index in [1.807, 2.05) is 0 Å². The van der Waals surface area contributed by atoms with Crippen molar-refractivity contribution >= 4 is 0 Å². The molecule has 0 saturated heterocycles. The summed E-state index contributed by atoms with van der Waals surface area (Å²) in [7, 11) is 0. The van der Waals surface area contributed by atoms with Crippen LogP contribution in [-0.4, -0.2) is 0 Å². The zero-order valence-electron chi connectivity index (χ0n) is 10.4. The topological polar surface area (TPSA) is 26.0 Å². The van der Waals surface area contributed by atoms with Crippen molar-refractivity contribution in [2.45, 2.75) is 31.2 Å². The lowest BCUT2D eigenvalue weighted by Crippen LogP contribution is -2.19. The van der Waals surface area contributed by atoms with Crippen LogP contribution in [0.2, 0.25) is 0 Å². The van der Waals surface area contributed by atoms with Gasteiger partial charge in [0.25, 0.3) is 0 Å². The van der Waals surface area contributed by atoms with Gasteiger partial charge in [0.1, 0.15) is 0 Å². The fourth-order valence-corrected chi connectivity index (χ4v) is 1.76. The number of halogens is 6. The van der Waals surface area contributed by atoms with Crippen molar-refractivity contribution in [1.29, 1.82) is 0 Å². The van der Waals surface area contributed by atoms with Crippen LogP contribution in [0.25, 0.3) is 0 Å². The molecule has 1 atom stereocenters. The minimum Gasteiger partial charge on any atom is -0.324 e. The van der Waals surface area contributed by atoms with Crippen LogP contribution in [0.3, 0.4) is 0 Å². The van der Waals surface area contributed by atoms with Gasteiger partial charge in [0.05, 0.1) is 11.1 Å². The predicted octanol–water partition coefficient (Wildman–Crippen LogP) is 4.69. The first-order valence-electron chi connectivity index (χ1n) is 5.72. The molecule has 0 spiro atoms. The van der Waals surface area contributed by atoms with Crippen LogP contribution < -0.4 is 5.73 Å². The van der Waals surface area contributed by atoms with Gasteiger partial charge in [-0.15, -0.1) is 6.58 Å². The highest BCUT2D eigenvalue weighted by atomic mass is 19.4. The zero-order valence-corrected chi connectivity index (χ0v) is 10.4. The van der Waals surface area contributed by atoms with Crippen molar-refractivity contribution in [3.05, 3.63) is 47.5 Å². The lowest BCUT2D eigenvalue weighted by molar-refractivity contribution is -0.142. The van der Waals surface area contributed by atoms with Crippen LogP contribution in [-0.2, 0) is 12.4 Å². The first-order chi connectivity index (χ1) is 9.07. The van der Waals surface area contributed by atoms with E-state index in [1.165, 1.54) is 6.08 Å². The van der Waals surface area contributed by atoms with Crippen molar-refractivity contribution in [3.63, 3.8) is 0 Å². The normalized spacial score (nSPS) is 14.2. The van der Waals surface area contributed by atoms with Crippen LogP contribution in [0.4, 0.5) is 26.3 Å². The van der Waals surface area contributed by atoms with Gasteiger partial charge in [-0.2, -0.15) is 26.3 Å². The molecular formula is C13H13F6N. The highest BCUT2D eigenvalue weighted by Crippen LogP contribution is 2.38. The second kappa shape index (κ2) is 5.87. The van der Waals surface area contributed by atoms with E-state index in [2.05, 4.69) is 6.58 Å². The van der Waals surface area contributed by atoms with Crippen LogP contribution in [0.5, 0.6) is 0 Å². The lowest BCUT2D eigenvalue weighted by atomic mass is 9.94. The zero-order chi connectivity index (χ0) is 15.6. The Morgan fingerprint density at radius 1 is 1.10 bits per heavy atom. The maximum atomic E-state index is 12.8. The number of hydrogen-bond acceptors (Lipinski definition) is 1. The van der Waals surface area contributed by atoms with Crippen molar-refractivity contribution in [1.82, 2.24) is 0 Å². The first-order valence-corrected chi connectivity index (χ1v) is 5.72. The Bertz CT molecular complexity index is 475. The van der Waals surface area contributed by atoms with E-state index < -0.39 is 35.1 Å². The van der Waals surface area contributed by atoms with E-state index in [-0.39, 0.29) is 6.42 Å². The van der Waals surface area contributed by atoms with E-state index in [0.717, 1.165) is 0 Å². The van der Waals surface area contributed by atoms with Gasteiger partial charge in [-0.1, -0.05) is 6.08 Å². The molecule has 0 amide bonds. The Balaban J connectivity index is 3.30. The summed E-state index contributed by atoms with van der Waals surface area (Å²) in [5, 5.41) is 0. The van der Waals surface area contributed by atoms with Crippen LogP contribution in [0.1, 0.15) is 35.6 Å². The number of rotatable bonds is 4. The molecule has 1 nitrogen and oxygen atoms in total. The average Bonchev–Trinajstić information content (AvgIpc) is 2.33. The standard InChI is InChI=1S/C13H13F6N/c1-2-3-4-11(20)9-7-8(12(14,15)16)5-6-10(9)13(17,18)19/h2,5-7,11H,1,3-4,20H2/t11-/m1/s1. The van der Waals surface area contributed by atoms with E-state index in [4.69, 9.17) is 5.73 Å². The van der Waals surface area contributed by atoms with Gasteiger partial charge in [-0.25, -0.2) is 0 Å². The summed E-state index contributed by atoms with van der Waals surface area (Å²) in [4.78, 5) is 0. The molecule has 7 heteroatoms. The van der Waals surface area contributed by atoms with E-state index in [1.54, 1.807) is 0 Å². The molecule has 0 aliphatic rings. The summed E-state index contributed by atoms with van der Waals surface area (Å²) in [6, 6.07) is 0.168. The highest BCUT2D eigenvalue weighted by molar-refractivity contribution is 5.37. The van der Waals surface area contributed by atoms with Crippen molar-refractivity contribution in [2.75, 3.05) is 0 Å². The monoisotopic (exact) mass is 297 g/mol. The molecule has 0 saturated carbocycles. The number of benzene rings is 1. The maximum Gasteiger partial charge on any atom is 0.416 e. The Morgan fingerprint density at radius 3 is 2.15 bits per heavy atom. The SMILES string of the molecule is C=CCC[C@@H](N)c1cc(C(F)(F)F)ccc1C(F)(F)F. The maximum absolute atomic E-state index is 12.8. The molecule has 1 rings (SSSR count). The van der Waals surface area contributed by atoms with Gasteiger partial charge in [0.15, 0.2) is 0 Å². The lowest BCUT2D eigenvalue weighted by Gasteiger charge is -2.20. The number of nitrogens with two attached hydrogens (primary N) is 1. The van der Waals surface area contributed by atoms with Gasteiger partial charge in [0.2, 0.25) is 0 Å². The molecule has 20 heavy (non-hydrogen) atoms. The van der Waals surface area contributed by atoms with Crippen LogP contribution in [0.15, 0.2) is 30.9 Å². The fourth-order valence-electron chi connectivity index (χ4n) is 1.76. The van der Waals surface area contributed by atoms with Gasteiger partial charge in [-0.05, 0) is 36.6 Å². The minimum atomic E-state index is -4.74. The molecule has 0 bridgehead atoms. The Labute approximate surface area is 112 Å². The van der Waals surface area contributed by atoms with E-state index >= 15 is 0 Å². The van der Waals surface area contributed by atoms with Gasteiger partial charge in [0, 0.05) is 6.04 Å². The second-order valence-electron chi connectivity index (χ2n) is 4.27. The molecular weight excluding hydrogens is 284 g/mol. The summed E-state index contributed by atoms with van der Waals surface area (Å²) < 4.78 is 76.1. The molecule has 2 N–H and O–H groups in total. The summed E-state index contributed by atoms with van der Waals surface area (Å²) in [6.45, 7) is 3.40. The molecule has 0 aliphatic carbocycles. The van der Waals surface area contributed by atoms with Gasteiger partial charge in [-0.3, -0.25) is 0 Å². The molecule has 0 aromatic heterocycles. The largest absolute Gasteiger partial charge is 0.416 e. The predicted molar refractivity (Wildman–Crippen MR) is 62.8 cm³/mol. The average molecular weight is 297 g/mol.